The number of hydrogen-bond acceptors (Lipinski definition) is 4. The molecule has 5 heteroatoms. The second-order valence-electron chi connectivity index (χ2n) is 4.66. The van der Waals surface area contributed by atoms with Crippen molar-refractivity contribution in [3.63, 3.8) is 0 Å². The fourth-order valence-electron chi connectivity index (χ4n) is 2.17. The maximum atomic E-state index is 13.9. The predicted octanol–water partition coefficient (Wildman–Crippen LogP) is 1.55. The smallest absolute Gasteiger partial charge is 0.131 e. The topological polar surface area (TPSA) is 92.5 Å². The van der Waals surface area contributed by atoms with Gasteiger partial charge < -0.3 is 21.7 Å². The van der Waals surface area contributed by atoms with Crippen LogP contribution in [0.3, 0.4) is 0 Å². The predicted molar refractivity (Wildman–Crippen MR) is 77.5 cm³/mol. The number of nitrogens with two attached hydrogens (primary N) is 2. The van der Waals surface area contributed by atoms with E-state index < -0.39 is 11.9 Å². The number of nitrogen functional groups attached to an aromatic ring is 2. The summed E-state index contributed by atoms with van der Waals surface area (Å²) in [6.45, 7) is -0.388. The molecule has 0 spiro atoms. The lowest BCUT2D eigenvalue weighted by Crippen LogP contribution is -2.17. The first-order valence-corrected chi connectivity index (χ1v) is 6.24. The van der Waals surface area contributed by atoms with Gasteiger partial charge in [0.2, 0.25) is 0 Å². The van der Waals surface area contributed by atoms with Crippen LogP contribution in [0.2, 0.25) is 0 Å². The SMILES string of the molecule is Nc1cc(N)c(CC(O)CO)c(-c2ccccc2F)c1. The first-order valence-electron chi connectivity index (χ1n) is 6.24. The molecular formula is C15H17FN2O2. The van der Waals surface area contributed by atoms with Crippen molar-refractivity contribution in [3.8, 4) is 11.1 Å². The summed E-state index contributed by atoms with van der Waals surface area (Å²) in [5.74, 6) is -0.391. The minimum Gasteiger partial charge on any atom is -0.399 e. The standard InChI is InChI=1S/C15H17FN2O2/c16-14-4-2-1-3-11(14)12-5-9(17)6-15(18)13(12)7-10(20)8-19/h1-6,10,19-20H,7-8,17-18H2. The van der Waals surface area contributed by atoms with Crippen LogP contribution < -0.4 is 11.5 Å². The Kier molecular flexibility index (Phi) is 4.22. The van der Waals surface area contributed by atoms with Gasteiger partial charge in [-0.2, -0.15) is 0 Å². The van der Waals surface area contributed by atoms with Gasteiger partial charge in [-0.3, -0.25) is 0 Å². The number of benzene rings is 2. The Balaban J connectivity index is 2.59. The summed E-state index contributed by atoms with van der Waals surface area (Å²) in [5.41, 5.74) is 14.0. The number of rotatable bonds is 4. The van der Waals surface area contributed by atoms with E-state index in [4.69, 9.17) is 16.6 Å². The molecule has 0 saturated carbocycles. The van der Waals surface area contributed by atoms with E-state index in [1.54, 1.807) is 30.3 Å². The molecule has 2 rings (SSSR count). The zero-order chi connectivity index (χ0) is 14.7. The monoisotopic (exact) mass is 276 g/mol. The van der Waals surface area contributed by atoms with Gasteiger partial charge in [-0.1, -0.05) is 18.2 Å². The molecule has 106 valence electrons. The summed E-state index contributed by atoms with van der Waals surface area (Å²) in [5, 5.41) is 18.6. The van der Waals surface area contributed by atoms with Crippen molar-refractivity contribution in [1.82, 2.24) is 0 Å². The van der Waals surface area contributed by atoms with Crippen LogP contribution in [0.1, 0.15) is 5.56 Å². The van der Waals surface area contributed by atoms with Gasteiger partial charge in [0, 0.05) is 23.4 Å². The van der Waals surface area contributed by atoms with Gasteiger partial charge in [-0.25, -0.2) is 4.39 Å². The van der Waals surface area contributed by atoms with Crippen molar-refractivity contribution in [2.45, 2.75) is 12.5 Å². The van der Waals surface area contributed by atoms with E-state index in [2.05, 4.69) is 0 Å². The van der Waals surface area contributed by atoms with Gasteiger partial charge in [0.15, 0.2) is 0 Å². The minimum atomic E-state index is -0.952. The molecule has 2 aromatic carbocycles. The third-order valence-corrected chi connectivity index (χ3v) is 3.12. The molecule has 0 radical (unpaired) electrons. The van der Waals surface area contributed by atoms with Gasteiger partial charge in [0.1, 0.15) is 5.82 Å². The molecule has 0 aliphatic rings. The van der Waals surface area contributed by atoms with E-state index in [1.165, 1.54) is 6.07 Å². The Hall–Kier alpha value is -2.11. The molecule has 4 nitrogen and oxygen atoms in total. The van der Waals surface area contributed by atoms with Gasteiger partial charge in [-0.15, -0.1) is 0 Å². The molecule has 1 unspecified atom stereocenters. The van der Waals surface area contributed by atoms with Gasteiger partial charge in [-0.05, 0) is 29.3 Å². The normalized spacial score (nSPS) is 12.3. The maximum Gasteiger partial charge on any atom is 0.131 e. The van der Waals surface area contributed by atoms with Crippen molar-refractivity contribution >= 4 is 11.4 Å². The van der Waals surface area contributed by atoms with Crippen LogP contribution in [0.5, 0.6) is 0 Å². The lowest BCUT2D eigenvalue weighted by Gasteiger charge is -2.16. The van der Waals surface area contributed by atoms with Crippen LogP contribution >= 0.6 is 0 Å². The second kappa shape index (κ2) is 5.90. The summed E-state index contributed by atoms with van der Waals surface area (Å²) < 4.78 is 13.9. The van der Waals surface area contributed by atoms with Crippen molar-refractivity contribution in [1.29, 1.82) is 0 Å². The van der Waals surface area contributed by atoms with Crippen molar-refractivity contribution in [3.05, 3.63) is 47.8 Å². The van der Waals surface area contributed by atoms with Gasteiger partial charge in [0.05, 0.1) is 12.7 Å². The Labute approximate surface area is 116 Å². The van der Waals surface area contributed by atoms with E-state index in [1.807, 2.05) is 0 Å². The summed E-state index contributed by atoms with van der Waals surface area (Å²) in [6, 6.07) is 9.46. The molecule has 0 heterocycles. The first-order chi connectivity index (χ1) is 9.52. The summed E-state index contributed by atoms with van der Waals surface area (Å²) in [6.07, 6.45) is -0.821. The Morgan fingerprint density at radius 1 is 1.10 bits per heavy atom. The van der Waals surface area contributed by atoms with Crippen molar-refractivity contribution in [2.24, 2.45) is 0 Å². The van der Waals surface area contributed by atoms with Gasteiger partial charge >= 0.3 is 0 Å². The van der Waals surface area contributed by atoms with E-state index >= 15 is 0 Å². The second-order valence-corrected chi connectivity index (χ2v) is 4.66. The molecule has 0 amide bonds. The number of anilines is 2. The van der Waals surface area contributed by atoms with Crippen molar-refractivity contribution in [2.75, 3.05) is 18.1 Å². The molecule has 6 N–H and O–H groups in total. The fraction of sp³-hybridized carbons (Fsp3) is 0.200. The van der Waals surface area contributed by atoms with Crippen molar-refractivity contribution < 1.29 is 14.6 Å². The Morgan fingerprint density at radius 3 is 2.45 bits per heavy atom. The van der Waals surface area contributed by atoms with Crippen LogP contribution in [0.15, 0.2) is 36.4 Å². The summed E-state index contributed by atoms with van der Waals surface area (Å²) >= 11 is 0. The first kappa shape index (κ1) is 14.3. The van der Waals surface area contributed by atoms with Crippen LogP contribution in [0, 0.1) is 5.82 Å². The Morgan fingerprint density at radius 2 is 1.80 bits per heavy atom. The van der Waals surface area contributed by atoms with Crippen LogP contribution in [0.4, 0.5) is 15.8 Å². The fourth-order valence-corrected chi connectivity index (χ4v) is 2.17. The number of halogens is 1. The zero-order valence-electron chi connectivity index (χ0n) is 10.9. The van der Waals surface area contributed by atoms with Crippen LogP contribution in [0.25, 0.3) is 11.1 Å². The third kappa shape index (κ3) is 2.89. The highest BCUT2D eigenvalue weighted by molar-refractivity contribution is 5.78. The Bertz CT molecular complexity index is 617. The molecule has 0 fully saturated rings. The average Bonchev–Trinajstić information content (AvgIpc) is 2.42. The molecule has 1 atom stereocenters. The molecule has 0 aliphatic heterocycles. The third-order valence-electron chi connectivity index (χ3n) is 3.12. The molecule has 20 heavy (non-hydrogen) atoms. The lowest BCUT2D eigenvalue weighted by atomic mass is 9.93. The van der Waals surface area contributed by atoms with Crippen LogP contribution in [-0.2, 0) is 6.42 Å². The molecule has 0 bridgehead atoms. The highest BCUT2D eigenvalue weighted by Gasteiger charge is 2.16. The van der Waals surface area contributed by atoms with E-state index in [0.717, 1.165) is 0 Å². The number of aliphatic hydroxyl groups is 2. The van der Waals surface area contributed by atoms with E-state index in [9.17, 15) is 9.50 Å². The van der Waals surface area contributed by atoms with E-state index in [0.29, 0.717) is 28.1 Å². The van der Waals surface area contributed by atoms with E-state index in [-0.39, 0.29) is 13.0 Å². The molecule has 0 aromatic heterocycles. The highest BCUT2D eigenvalue weighted by atomic mass is 19.1. The number of aliphatic hydroxyl groups excluding tert-OH is 2. The minimum absolute atomic E-state index is 0.131. The van der Waals surface area contributed by atoms with Gasteiger partial charge in [0.25, 0.3) is 0 Å². The average molecular weight is 276 g/mol. The zero-order valence-corrected chi connectivity index (χ0v) is 10.9. The highest BCUT2D eigenvalue weighted by Crippen LogP contribution is 2.33. The molecular weight excluding hydrogens is 259 g/mol. The summed E-state index contributed by atoms with van der Waals surface area (Å²) in [4.78, 5) is 0. The largest absolute Gasteiger partial charge is 0.399 e. The lowest BCUT2D eigenvalue weighted by molar-refractivity contribution is 0.0957. The quantitative estimate of drug-likeness (QED) is 0.637. The maximum absolute atomic E-state index is 13.9. The molecule has 0 aliphatic carbocycles. The number of hydrogen-bond donors (Lipinski definition) is 4. The van der Waals surface area contributed by atoms with Crippen LogP contribution in [-0.4, -0.2) is 22.9 Å². The molecule has 2 aromatic rings. The molecule has 0 saturated heterocycles. The summed E-state index contributed by atoms with van der Waals surface area (Å²) in [7, 11) is 0.